The SMILES string of the molecule is NOC(=O)c1ccc(C(=O)c2ccccc2Cc2ccccc2)cc1. The van der Waals surface area contributed by atoms with Crippen molar-refractivity contribution in [3.8, 4) is 0 Å². The molecule has 0 atom stereocenters. The largest absolute Gasteiger partial charge is 0.370 e. The average molecular weight is 331 g/mol. The van der Waals surface area contributed by atoms with Crippen LogP contribution in [0.25, 0.3) is 0 Å². The van der Waals surface area contributed by atoms with Crippen molar-refractivity contribution in [3.05, 3.63) is 107 Å². The van der Waals surface area contributed by atoms with Gasteiger partial charge in [-0.25, -0.2) is 4.79 Å². The van der Waals surface area contributed by atoms with Crippen molar-refractivity contribution in [1.82, 2.24) is 0 Å². The zero-order chi connectivity index (χ0) is 17.6. The second-order valence-electron chi connectivity index (χ2n) is 5.63. The highest BCUT2D eigenvalue weighted by Gasteiger charge is 2.14. The molecule has 124 valence electrons. The first kappa shape index (κ1) is 16.6. The molecule has 25 heavy (non-hydrogen) atoms. The monoisotopic (exact) mass is 331 g/mol. The second kappa shape index (κ2) is 7.55. The van der Waals surface area contributed by atoms with Crippen molar-refractivity contribution in [2.75, 3.05) is 0 Å². The standard InChI is InChI=1S/C21H17NO3/c22-25-21(24)17-12-10-16(11-13-17)20(23)19-9-5-4-8-18(19)14-15-6-2-1-3-7-15/h1-13H,14,22H2. The van der Waals surface area contributed by atoms with Gasteiger partial charge in [0.15, 0.2) is 5.78 Å². The van der Waals surface area contributed by atoms with Crippen molar-refractivity contribution in [3.63, 3.8) is 0 Å². The van der Waals surface area contributed by atoms with Gasteiger partial charge in [0.05, 0.1) is 5.56 Å². The summed E-state index contributed by atoms with van der Waals surface area (Å²) in [6, 6.07) is 23.8. The third-order valence-electron chi connectivity index (χ3n) is 3.99. The van der Waals surface area contributed by atoms with Crippen LogP contribution in [0.15, 0.2) is 78.9 Å². The van der Waals surface area contributed by atoms with Crippen molar-refractivity contribution in [2.24, 2.45) is 5.90 Å². The predicted octanol–water partition coefficient (Wildman–Crippen LogP) is 3.54. The molecule has 0 amide bonds. The van der Waals surface area contributed by atoms with E-state index in [9.17, 15) is 9.59 Å². The molecule has 0 aliphatic carbocycles. The fourth-order valence-electron chi connectivity index (χ4n) is 2.69. The van der Waals surface area contributed by atoms with Gasteiger partial charge in [-0.1, -0.05) is 66.7 Å². The zero-order valence-corrected chi connectivity index (χ0v) is 13.5. The number of hydrogen-bond donors (Lipinski definition) is 1. The van der Waals surface area contributed by atoms with Gasteiger partial charge in [-0.05, 0) is 29.7 Å². The Kier molecular flexibility index (Phi) is 5.02. The lowest BCUT2D eigenvalue weighted by molar-refractivity contribution is 0.0503. The van der Waals surface area contributed by atoms with Gasteiger partial charge in [0.1, 0.15) is 0 Å². The molecule has 0 aliphatic heterocycles. The van der Waals surface area contributed by atoms with Crippen LogP contribution in [0.4, 0.5) is 0 Å². The molecule has 0 aliphatic rings. The van der Waals surface area contributed by atoms with Crippen molar-refractivity contribution in [2.45, 2.75) is 6.42 Å². The van der Waals surface area contributed by atoms with Crippen molar-refractivity contribution in [1.29, 1.82) is 0 Å². The topological polar surface area (TPSA) is 69.4 Å². The molecule has 3 rings (SSSR count). The summed E-state index contributed by atoms with van der Waals surface area (Å²) in [5, 5.41) is 0. The molecular weight excluding hydrogens is 314 g/mol. The quantitative estimate of drug-likeness (QED) is 0.573. The molecule has 4 heteroatoms. The first-order valence-electron chi connectivity index (χ1n) is 7.86. The molecule has 0 spiro atoms. The summed E-state index contributed by atoms with van der Waals surface area (Å²) in [6.45, 7) is 0. The van der Waals surface area contributed by atoms with Crippen LogP contribution in [0.5, 0.6) is 0 Å². The molecule has 3 aromatic rings. The highest BCUT2D eigenvalue weighted by Crippen LogP contribution is 2.19. The first-order chi connectivity index (χ1) is 12.2. The summed E-state index contributed by atoms with van der Waals surface area (Å²) in [6.07, 6.45) is 0.681. The highest BCUT2D eigenvalue weighted by molar-refractivity contribution is 6.10. The van der Waals surface area contributed by atoms with E-state index in [1.807, 2.05) is 54.6 Å². The Hall–Kier alpha value is -3.24. The van der Waals surface area contributed by atoms with Crippen LogP contribution in [0, 0.1) is 0 Å². The Balaban J connectivity index is 1.88. The first-order valence-corrected chi connectivity index (χ1v) is 7.86. The second-order valence-corrected chi connectivity index (χ2v) is 5.63. The number of hydrogen-bond acceptors (Lipinski definition) is 4. The normalized spacial score (nSPS) is 10.3. The van der Waals surface area contributed by atoms with Crippen LogP contribution in [-0.4, -0.2) is 11.8 Å². The van der Waals surface area contributed by atoms with Gasteiger partial charge >= 0.3 is 5.97 Å². The fourth-order valence-corrected chi connectivity index (χ4v) is 2.69. The molecule has 0 unspecified atom stereocenters. The minimum atomic E-state index is -0.636. The van der Waals surface area contributed by atoms with Crippen LogP contribution in [0.1, 0.15) is 37.4 Å². The van der Waals surface area contributed by atoms with Gasteiger partial charge in [-0.3, -0.25) is 4.79 Å². The van der Waals surface area contributed by atoms with Crippen LogP contribution < -0.4 is 5.90 Å². The van der Waals surface area contributed by atoms with Gasteiger partial charge in [0.2, 0.25) is 0 Å². The molecule has 0 saturated heterocycles. The summed E-state index contributed by atoms with van der Waals surface area (Å²) in [5.41, 5.74) is 3.57. The lowest BCUT2D eigenvalue weighted by Crippen LogP contribution is -2.11. The lowest BCUT2D eigenvalue weighted by Gasteiger charge is -2.09. The Morgan fingerprint density at radius 2 is 1.36 bits per heavy atom. The van der Waals surface area contributed by atoms with Gasteiger partial charge in [-0.15, -0.1) is 0 Å². The van der Waals surface area contributed by atoms with Crippen LogP contribution in [-0.2, 0) is 11.3 Å². The zero-order valence-electron chi connectivity index (χ0n) is 13.5. The molecular formula is C21H17NO3. The minimum absolute atomic E-state index is 0.0841. The molecule has 0 aromatic heterocycles. The molecule has 2 N–H and O–H groups in total. The van der Waals surface area contributed by atoms with E-state index in [2.05, 4.69) is 4.84 Å². The van der Waals surface area contributed by atoms with E-state index in [1.165, 1.54) is 12.1 Å². The Morgan fingerprint density at radius 1 is 0.760 bits per heavy atom. The van der Waals surface area contributed by atoms with E-state index in [0.29, 0.717) is 23.1 Å². The summed E-state index contributed by atoms with van der Waals surface area (Å²) < 4.78 is 0. The average Bonchev–Trinajstić information content (AvgIpc) is 2.68. The molecule has 0 saturated carbocycles. The summed E-state index contributed by atoms with van der Waals surface area (Å²) in [7, 11) is 0. The Bertz CT molecular complexity index is 887. The third kappa shape index (κ3) is 3.82. The van der Waals surface area contributed by atoms with Gasteiger partial charge in [0, 0.05) is 11.1 Å². The molecule has 0 bridgehead atoms. The molecule has 0 heterocycles. The summed E-state index contributed by atoms with van der Waals surface area (Å²) in [5.74, 6) is 4.15. The van der Waals surface area contributed by atoms with Crippen molar-refractivity contribution < 1.29 is 14.4 Å². The Labute approximate surface area is 145 Å². The predicted molar refractivity (Wildman–Crippen MR) is 95.2 cm³/mol. The number of carbonyl (C=O) groups excluding carboxylic acids is 2. The maximum atomic E-state index is 12.9. The van der Waals surface area contributed by atoms with E-state index in [0.717, 1.165) is 11.1 Å². The van der Waals surface area contributed by atoms with E-state index in [1.54, 1.807) is 12.1 Å². The number of benzene rings is 3. The number of ketones is 1. The smallest absolute Gasteiger partial charge is 0.356 e. The van der Waals surface area contributed by atoms with Gasteiger partial charge in [0.25, 0.3) is 0 Å². The summed E-state index contributed by atoms with van der Waals surface area (Å²) >= 11 is 0. The third-order valence-corrected chi connectivity index (χ3v) is 3.99. The van der Waals surface area contributed by atoms with Crippen molar-refractivity contribution >= 4 is 11.8 Å². The number of rotatable bonds is 5. The minimum Gasteiger partial charge on any atom is -0.370 e. The van der Waals surface area contributed by atoms with Crippen LogP contribution >= 0.6 is 0 Å². The van der Waals surface area contributed by atoms with Gasteiger partial charge in [-0.2, -0.15) is 5.90 Å². The molecule has 0 fully saturated rings. The van der Waals surface area contributed by atoms with Crippen LogP contribution in [0.2, 0.25) is 0 Å². The summed E-state index contributed by atoms with van der Waals surface area (Å²) in [4.78, 5) is 28.4. The number of carbonyl (C=O) groups is 2. The maximum Gasteiger partial charge on any atom is 0.356 e. The molecule has 0 radical (unpaired) electrons. The fraction of sp³-hybridized carbons (Fsp3) is 0.0476. The molecule has 3 aromatic carbocycles. The van der Waals surface area contributed by atoms with E-state index in [-0.39, 0.29) is 5.78 Å². The maximum absolute atomic E-state index is 12.9. The highest BCUT2D eigenvalue weighted by atomic mass is 16.7. The number of nitrogens with two attached hydrogens (primary N) is 1. The Morgan fingerprint density at radius 3 is 2.04 bits per heavy atom. The van der Waals surface area contributed by atoms with E-state index in [4.69, 9.17) is 5.90 Å². The van der Waals surface area contributed by atoms with E-state index < -0.39 is 5.97 Å². The van der Waals surface area contributed by atoms with Crippen LogP contribution in [0.3, 0.4) is 0 Å². The van der Waals surface area contributed by atoms with Gasteiger partial charge < -0.3 is 4.84 Å². The lowest BCUT2D eigenvalue weighted by atomic mass is 9.94. The molecule has 4 nitrogen and oxygen atoms in total. The van der Waals surface area contributed by atoms with E-state index >= 15 is 0 Å².